The zero-order valence-electron chi connectivity index (χ0n) is 9.25. The standard InChI is InChI=1S/C10H19ClN2O3/c11-6-3-5-9(14)13-8(10(15)16)4-1-2-7-12/h8H,1-7,12H2,(H,13,14)(H,15,16)/t8-/m0/s1. The summed E-state index contributed by atoms with van der Waals surface area (Å²) in [5.41, 5.74) is 5.31. The van der Waals surface area contributed by atoms with Gasteiger partial charge in [0.2, 0.25) is 5.91 Å². The molecule has 0 aromatic carbocycles. The minimum Gasteiger partial charge on any atom is -0.480 e. The molecule has 0 aliphatic carbocycles. The Bertz CT molecular complexity index is 224. The van der Waals surface area contributed by atoms with Crippen LogP contribution in [0.2, 0.25) is 0 Å². The third-order valence-electron chi connectivity index (χ3n) is 2.12. The SMILES string of the molecule is NCCCC[C@H](NC(=O)CCCCl)C(=O)O. The van der Waals surface area contributed by atoms with E-state index in [9.17, 15) is 9.59 Å². The molecule has 0 fully saturated rings. The highest BCUT2D eigenvalue weighted by atomic mass is 35.5. The molecule has 1 amide bonds. The van der Waals surface area contributed by atoms with E-state index in [1.165, 1.54) is 0 Å². The fraction of sp³-hybridized carbons (Fsp3) is 0.800. The Kier molecular flexibility index (Phi) is 8.94. The monoisotopic (exact) mass is 250 g/mol. The molecule has 0 spiro atoms. The van der Waals surface area contributed by atoms with Crippen molar-refractivity contribution in [1.29, 1.82) is 0 Å². The van der Waals surface area contributed by atoms with Crippen molar-refractivity contribution < 1.29 is 14.7 Å². The van der Waals surface area contributed by atoms with Crippen molar-refractivity contribution in [1.82, 2.24) is 5.32 Å². The average molecular weight is 251 g/mol. The number of nitrogens with one attached hydrogen (secondary N) is 1. The Morgan fingerprint density at radius 3 is 2.50 bits per heavy atom. The molecule has 0 rings (SSSR count). The molecular weight excluding hydrogens is 232 g/mol. The Morgan fingerprint density at radius 2 is 2.00 bits per heavy atom. The molecule has 0 radical (unpaired) electrons. The predicted octanol–water partition coefficient (Wildman–Crippen LogP) is 0.704. The van der Waals surface area contributed by atoms with Crippen LogP contribution in [-0.2, 0) is 9.59 Å². The molecule has 0 saturated carbocycles. The van der Waals surface area contributed by atoms with Crippen LogP contribution < -0.4 is 11.1 Å². The first-order valence-corrected chi connectivity index (χ1v) is 5.93. The normalized spacial score (nSPS) is 12.1. The molecule has 0 aromatic heterocycles. The van der Waals surface area contributed by atoms with Crippen LogP contribution in [0.1, 0.15) is 32.1 Å². The third kappa shape index (κ3) is 7.48. The van der Waals surface area contributed by atoms with Gasteiger partial charge in [-0.3, -0.25) is 4.79 Å². The van der Waals surface area contributed by atoms with Gasteiger partial charge in [-0.15, -0.1) is 11.6 Å². The number of carbonyl (C=O) groups is 2. The first-order valence-electron chi connectivity index (χ1n) is 5.40. The zero-order chi connectivity index (χ0) is 12.4. The number of carboxylic acid groups (broad SMARTS) is 1. The van der Waals surface area contributed by atoms with Gasteiger partial charge in [0.15, 0.2) is 0 Å². The van der Waals surface area contributed by atoms with Gasteiger partial charge >= 0.3 is 5.97 Å². The van der Waals surface area contributed by atoms with Gasteiger partial charge in [0.1, 0.15) is 6.04 Å². The van der Waals surface area contributed by atoms with Crippen LogP contribution in [0, 0.1) is 0 Å². The number of carboxylic acids is 1. The minimum absolute atomic E-state index is 0.263. The van der Waals surface area contributed by atoms with E-state index in [4.69, 9.17) is 22.4 Å². The van der Waals surface area contributed by atoms with Gasteiger partial charge in [0.05, 0.1) is 0 Å². The molecule has 1 atom stereocenters. The molecule has 4 N–H and O–H groups in total. The van der Waals surface area contributed by atoms with Crippen molar-refractivity contribution in [2.75, 3.05) is 12.4 Å². The van der Waals surface area contributed by atoms with Gasteiger partial charge in [-0.05, 0) is 32.2 Å². The van der Waals surface area contributed by atoms with E-state index in [1.54, 1.807) is 0 Å². The highest BCUT2D eigenvalue weighted by Crippen LogP contribution is 2.02. The van der Waals surface area contributed by atoms with Crippen molar-refractivity contribution in [3.8, 4) is 0 Å². The maximum absolute atomic E-state index is 11.3. The number of hydrogen-bond acceptors (Lipinski definition) is 3. The summed E-state index contributed by atoms with van der Waals surface area (Å²) in [7, 11) is 0. The van der Waals surface area contributed by atoms with Gasteiger partial charge < -0.3 is 16.2 Å². The summed E-state index contributed by atoms with van der Waals surface area (Å²) >= 11 is 5.44. The van der Waals surface area contributed by atoms with Crippen molar-refractivity contribution in [3.05, 3.63) is 0 Å². The second-order valence-corrected chi connectivity index (χ2v) is 3.91. The van der Waals surface area contributed by atoms with Crippen LogP contribution in [0.5, 0.6) is 0 Å². The maximum atomic E-state index is 11.3. The fourth-order valence-electron chi connectivity index (χ4n) is 1.24. The van der Waals surface area contributed by atoms with Crippen molar-refractivity contribution in [2.24, 2.45) is 5.73 Å². The zero-order valence-corrected chi connectivity index (χ0v) is 10.0. The lowest BCUT2D eigenvalue weighted by molar-refractivity contribution is -0.142. The van der Waals surface area contributed by atoms with E-state index >= 15 is 0 Å². The van der Waals surface area contributed by atoms with Crippen LogP contribution in [0.25, 0.3) is 0 Å². The number of nitrogens with two attached hydrogens (primary N) is 1. The van der Waals surface area contributed by atoms with Crippen molar-refractivity contribution >= 4 is 23.5 Å². The van der Waals surface area contributed by atoms with Crippen molar-refractivity contribution in [2.45, 2.75) is 38.1 Å². The highest BCUT2D eigenvalue weighted by Gasteiger charge is 2.18. The molecule has 94 valence electrons. The molecule has 0 saturated heterocycles. The van der Waals surface area contributed by atoms with E-state index in [-0.39, 0.29) is 12.3 Å². The molecule has 0 bridgehead atoms. The number of hydrogen-bond donors (Lipinski definition) is 3. The molecule has 16 heavy (non-hydrogen) atoms. The smallest absolute Gasteiger partial charge is 0.326 e. The molecule has 0 heterocycles. The summed E-state index contributed by atoms with van der Waals surface area (Å²) in [6.07, 6.45) is 2.70. The first kappa shape index (κ1) is 15.2. The number of unbranched alkanes of at least 4 members (excludes halogenated alkanes) is 1. The lowest BCUT2D eigenvalue weighted by atomic mass is 10.1. The number of halogens is 1. The summed E-state index contributed by atoms with van der Waals surface area (Å²) < 4.78 is 0. The van der Waals surface area contributed by atoms with E-state index in [2.05, 4.69) is 5.32 Å². The Balaban J connectivity index is 3.92. The van der Waals surface area contributed by atoms with Crippen LogP contribution in [0.15, 0.2) is 0 Å². The quantitative estimate of drug-likeness (QED) is 0.415. The Hall–Kier alpha value is -0.810. The van der Waals surface area contributed by atoms with Gasteiger partial charge in [-0.1, -0.05) is 0 Å². The fourth-order valence-corrected chi connectivity index (χ4v) is 1.38. The molecule has 0 aromatic rings. The lowest BCUT2D eigenvalue weighted by Crippen LogP contribution is -2.40. The molecule has 6 heteroatoms. The van der Waals surface area contributed by atoms with Gasteiger partial charge in [-0.25, -0.2) is 4.79 Å². The lowest BCUT2D eigenvalue weighted by Gasteiger charge is -2.13. The van der Waals surface area contributed by atoms with E-state index in [0.29, 0.717) is 31.7 Å². The van der Waals surface area contributed by atoms with Crippen LogP contribution in [0.4, 0.5) is 0 Å². The Labute approximate surface area is 100 Å². The molecular formula is C10H19ClN2O3. The minimum atomic E-state index is -1.00. The number of alkyl halides is 1. The van der Waals surface area contributed by atoms with Crippen LogP contribution in [0.3, 0.4) is 0 Å². The molecule has 0 aliphatic rings. The first-order chi connectivity index (χ1) is 7.61. The summed E-state index contributed by atoms with van der Waals surface area (Å²) in [6, 6.07) is -0.811. The topological polar surface area (TPSA) is 92.4 Å². The van der Waals surface area contributed by atoms with Gasteiger partial charge in [-0.2, -0.15) is 0 Å². The van der Waals surface area contributed by atoms with Gasteiger partial charge in [0, 0.05) is 12.3 Å². The van der Waals surface area contributed by atoms with Crippen LogP contribution >= 0.6 is 11.6 Å². The third-order valence-corrected chi connectivity index (χ3v) is 2.38. The summed E-state index contributed by atoms with van der Waals surface area (Å²) in [6.45, 7) is 0.534. The van der Waals surface area contributed by atoms with Crippen LogP contribution in [-0.4, -0.2) is 35.4 Å². The number of carbonyl (C=O) groups excluding carboxylic acids is 1. The highest BCUT2D eigenvalue weighted by molar-refractivity contribution is 6.17. The summed E-state index contributed by atoms with van der Waals surface area (Å²) in [4.78, 5) is 22.1. The predicted molar refractivity (Wildman–Crippen MR) is 62.4 cm³/mol. The summed E-state index contributed by atoms with van der Waals surface area (Å²) in [5, 5.41) is 11.3. The molecule has 0 aliphatic heterocycles. The number of amides is 1. The van der Waals surface area contributed by atoms with Gasteiger partial charge in [0.25, 0.3) is 0 Å². The maximum Gasteiger partial charge on any atom is 0.326 e. The van der Waals surface area contributed by atoms with Crippen molar-refractivity contribution in [3.63, 3.8) is 0 Å². The largest absolute Gasteiger partial charge is 0.480 e. The molecule has 0 unspecified atom stereocenters. The second-order valence-electron chi connectivity index (χ2n) is 3.54. The Morgan fingerprint density at radius 1 is 1.31 bits per heavy atom. The van der Waals surface area contributed by atoms with E-state index in [1.807, 2.05) is 0 Å². The number of rotatable bonds is 9. The average Bonchev–Trinajstić information content (AvgIpc) is 2.25. The summed E-state index contributed by atoms with van der Waals surface area (Å²) in [5.74, 6) is -0.866. The number of aliphatic carboxylic acids is 1. The van der Waals surface area contributed by atoms with E-state index < -0.39 is 12.0 Å². The van der Waals surface area contributed by atoms with E-state index in [0.717, 1.165) is 6.42 Å². The molecule has 5 nitrogen and oxygen atoms in total. The second kappa shape index (κ2) is 9.42.